The second-order valence-electron chi connectivity index (χ2n) is 8.64. The van der Waals surface area contributed by atoms with E-state index >= 15 is 0 Å². The Morgan fingerprint density at radius 1 is 0.923 bits per heavy atom. The summed E-state index contributed by atoms with van der Waals surface area (Å²) in [5.74, 6) is -1.78. The molecule has 0 fully saturated rings. The molecule has 0 N–H and O–H groups in total. The van der Waals surface area contributed by atoms with E-state index in [9.17, 15) is 14.7 Å². The Hall–Kier alpha value is -5.02. The van der Waals surface area contributed by atoms with Gasteiger partial charge in [-0.25, -0.2) is 4.99 Å². The number of benzene rings is 4. The monoisotopic (exact) mass is 532 g/mol. The van der Waals surface area contributed by atoms with Crippen LogP contribution in [0.4, 0.5) is 5.69 Å². The van der Waals surface area contributed by atoms with E-state index < -0.39 is 11.7 Å². The first-order valence-corrected chi connectivity index (χ1v) is 13.1. The van der Waals surface area contributed by atoms with Crippen LogP contribution in [0.25, 0.3) is 22.5 Å². The van der Waals surface area contributed by atoms with Crippen molar-refractivity contribution in [3.8, 4) is 11.6 Å². The number of fused-ring (bicyclic) bond motifs is 1. The fourth-order valence-corrected chi connectivity index (χ4v) is 5.22. The number of amidine groups is 1. The van der Waals surface area contributed by atoms with E-state index in [4.69, 9.17) is 4.52 Å². The van der Waals surface area contributed by atoms with E-state index in [0.29, 0.717) is 16.5 Å². The highest BCUT2D eigenvalue weighted by Gasteiger charge is 2.34. The third-order valence-electron chi connectivity index (χ3n) is 6.17. The minimum atomic E-state index is -0.828. The summed E-state index contributed by atoms with van der Waals surface area (Å²) in [6.07, 6.45) is 1.76. The first-order valence-electron chi connectivity index (χ1n) is 12.1. The zero-order valence-corrected chi connectivity index (χ0v) is 21.2. The minimum Gasteiger partial charge on any atom is -0.539 e. The highest BCUT2D eigenvalue weighted by molar-refractivity contribution is 8.14. The highest BCUT2D eigenvalue weighted by Crippen LogP contribution is 2.31. The molecule has 39 heavy (non-hydrogen) atoms. The minimum absolute atomic E-state index is 0.152. The van der Waals surface area contributed by atoms with Crippen LogP contribution in [0.5, 0.6) is 5.95 Å². The molecule has 0 bridgehead atoms. The Morgan fingerprint density at radius 2 is 1.62 bits per heavy atom. The molecule has 0 radical (unpaired) electrons. The molecular weight excluding hydrogens is 512 g/mol. The van der Waals surface area contributed by atoms with Crippen molar-refractivity contribution < 1.29 is 23.9 Å². The lowest BCUT2D eigenvalue weighted by atomic mass is 10.0. The standard InChI is InChI=1S/C30H20N4O4S/c35-26(27-29(37)38-32-34(27)23-15-5-2-6-16-23)19-39-30-31-25(28(36)33(30)22-13-3-1-4-14-22)18-21-12-9-11-20-10-7-8-17-24(20)21/h1-18H,19H2/b25-18+. The number of Topliss-reactive ketones (excluding diaryl/α,β-unsaturated/α-hetero) is 1. The number of anilines is 1. The van der Waals surface area contributed by atoms with Gasteiger partial charge < -0.3 is 9.63 Å². The fourth-order valence-electron chi connectivity index (χ4n) is 4.35. The lowest BCUT2D eigenvalue weighted by Gasteiger charge is -2.17. The fraction of sp³-hybridized carbons (Fsp3) is 0.0333. The van der Waals surface area contributed by atoms with Gasteiger partial charge in [0.25, 0.3) is 5.91 Å². The Bertz CT molecular complexity index is 1760. The molecule has 0 spiro atoms. The average molecular weight is 533 g/mol. The van der Waals surface area contributed by atoms with Gasteiger partial charge in [-0.3, -0.25) is 14.5 Å². The third-order valence-corrected chi connectivity index (χ3v) is 7.11. The lowest BCUT2D eigenvalue weighted by molar-refractivity contribution is -0.672. The Balaban J connectivity index is 1.33. The van der Waals surface area contributed by atoms with E-state index in [1.807, 2.05) is 66.7 Å². The van der Waals surface area contributed by atoms with Gasteiger partial charge >= 0.3 is 5.69 Å². The zero-order chi connectivity index (χ0) is 26.8. The molecule has 0 aliphatic carbocycles. The van der Waals surface area contributed by atoms with Crippen LogP contribution in [0, 0.1) is 0 Å². The molecule has 1 aliphatic rings. The Morgan fingerprint density at radius 3 is 2.41 bits per heavy atom. The predicted molar refractivity (Wildman–Crippen MR) is 148 cm³/mol. The topological polar surface area (TPSA) is 103 Å². The number of rotatable bonds is 6. The maximum atomic E-state index is 13.6. The summed E-state index contributed by atoms with van der Waals surface area (Å²) in [5, 5.41) is 18.5. The molecule has 5 aromatic rings. The molecule has 2 heterocycles. The molecule has 1 amide bonds. The Kier molecular flexibility index (Phi) is 6.48. The second kappa shape index (κ2) is 10.4. The van der Waals surface area contributed by atoms with E-state index in [0.717, 1.165) is 28.1 Å². The number of hydrogen-bond acceptors (Lipinski definition) is 7. The number of carbonyl (C=O) groups is 2. The first-order chi connectivity index (χ1) is 19.1. The van der Waals surface area contributed by atoms with Crippen LogP contribution in [0.2, 0.25) is 0 Å². The van der Waals surface area contributed by atoms with Crippen molar-refractivity contribution in [3.63, 3.8) is 0 Å². The zero-order valence-electron chi connectivity index (χ0n) is 20.4. The summed E-state index contributed by atoms with van der Waals surface area (Å²) in [4.78, 5) is 32.9. The SMILES string of the molecule is O=C(CSC1=N/C(=C/c2cccc3ccccc23)C(=O)N1c1ccccc1)c1c([O-])on[n+]1-c1ccccc1. The smallest absolute Gasteiger partial charge is 0.307 e. The summed E-state index contributed by atoms with van der Waals surface area (Å²) < 4.78 is 5.98. The molecule has 190 valence electrons. The van der Waals surface area contributed by atoms with Gasteiger partial charge in [0.05, 0.1) is 16.7 Å². The molecule has 0 saturated heterocycles. The molecule has 4 aromatic carbocycles. The summed E-state index contributed by atoms with van der Waals surface area (Å²) in [5.41, 5.74) is 2.06. The predicted octanol–water partition coefficient (Wildman–Crippen LogP) is 4.54. The van der Waals surface area contributed by atoms with Gasteiger partial charge in [-0.1, -0.05) is 90.6 Å². The van der Waals surface area contributed by atoms with Gasteiger partial charge in [0.1, 0.15) is 5.70 Å². The van der Waals surface area contributed by atoms with Crippen LogP contribution in [0.3, 0.4) is 0 Å². The van der Waals surface area contributed by atoms with Crippen molar-refractivity contribution in [2.24, 2.45) is 4.99 Å². The average Bonchev–Trinajstić information content (AvgIpc) is 3.52. The van der Waals surface area contributed by atoms with Gasteiger partial charge in [-0.2, -0.15) is 0 Å². The number of hydrogen-bond donors (Lipinski definition) is 0. The van der Waals surface area contributed by atoms with E-state index in [2.05, 4.69) is 10.3 Å². The molecule has 0 unspecified atom stereocenters. The number of thioether (sulfide) groups is 1. The number of aliphatic imine (C=N–C) groups is 1. The summed E-state index contributed by atoms with van der Waals surface area (Å²) in [7, 11) is 0. The molecule has 9 heteroatoms. The largest absolute Gasteiger partial charge is 0.539 e. The van der Waals surface area contributed by atoms with Crippen LogP contribution in [0.1, 0.15) is 16.1 Å². The third kappa shape index (κ3) is 4.71. The van der Waals surface area contributed by atoms with Gasteiger partial charge in [-0.05, 0) is 39.2 Å². The first kappa shape index (κ1) is 24.3. The van der Waals surface area contributed by atoms with Crippen molar-refractivity contribution in [2.75, 3.05) is 10.7 Å². The van der Waals surface area contributed by atoms with Crippen molar-refractivity contribution in [2.45, 2.75) is 0 Å². The van der Waals surface area contributed by atoms with Crippen LogP contribution in [0.15, 0.2) is 118 Å². The molecule has 6 rings (SSSR count). The normalized spacial score (nSPS) is 14.3. The number of nitrogens with zero attached hydrogens (tertiary/aromatic N) is 4. The van der Waals surface area contributed by atoms with E-state index in [1.165, 1.54) is 9.58 Å². The van der Waals surface area contributed by atoms with Crippen molar-refractivity contribution in [1.29, 1.82) is 0 Å². The lowest BCUT2D eigenvalue weighted by Crippen LogP contribution is -2.39. The maximum absolute atomic E-state index is 13.6. The quantitative estimate of drug-likeness (QED) is 0.181. The number of aromatic nitrogens is 2. The van der Waals surface area contributed by atoms with Crippen molar-refractivity contribution >= 4 is 51.2 Å². The molecule has 1 aliphatic heterocycles. The summed E-state index contributed by atoms with van der Waals surface area (Å²) >= 11 is 1.07. The van der Waals surface area contributed by atoms with Gasteiger partial charge in [-0.15, -0.1) is 0 Å². The molecule has 8 nitrogen and oxygen atoms in total. The number of ketones is 1. The van der Waals surface area contributed by atoms with Gasteiger partial charge in [0.2, 0.25) is 11.5 Å². The maximum Gasteiger partial charge on any atom is 0.307 e. The Labute approximate surface area is 227 Å². The molecule has 1 aromatic heterocycles. The van der Waals surface area contributed by atoms with Gasteiger partial charge in [0.15, 0.2) is 11.1 Å². The number of carbonyl (C=O) groups excluding carboxylic acids is 2. The second-order valence-corrected chi connectivity index (χ2v) is 9.58. The number of para-hydroxylation sites is 2. The van der Waals surface area contributed by atoms with Crippen molar-refractivity contribution in [1.82, 2.24) is 5.27 Å². The van der Waals surface area contributed by atoms with Crippen LogP contribution in [-0.2, 0) is 4.79 Å². The van der Waals surface area contributed by atoms with E-state index in [1.54, 1.807) is 42.5 Å². The van der Waals surface area contributed by atoms with Crippen molar-refractivity contribution in [3.05, 3.63) is 120 Å². The molecule has 0 atom stereocenters. The summed E-state index contributed by atoms with van der Waals surface area (Å²) in [6, 6.07) is 31.7. The van der Waals surface area contributed by atoms with Crippen LogP contribution < -0.4 is 14.7 Å². The summed E-state index contributed by atoms with van der Waals surface area (Å²) in [6.45, 7) is 0. The molecule has 0 saturated carbocycles. The van der Waals surface area contributed by atoms with E-state index in [-0.39, 0.29) is 23.1 Å². The van der Waals surface area contributed by atoms with Crippen LogP contribution in [-0.4, -0.2) is 27.9 Å². The van der Waals surface area contributed by atoms with Crippen LogP contribution >= 0.6 is 11.8 Å². The number of amides is 1. The van der Waals surface area contributed by atoms with Gasteiger partial charge in [0, 0.05) is 12.1 Å². The molecular formula is C30H20N4O4S. The highest BCUT2D eigenvalue weighted by atomic mass is 32.2.